The van der Waals surface area contributed by atoms with Gasteiger partial charge < -0.3 is 20.1 Å². The molecule has 0 radical (unpaired) electrons. The molecule has 2 aromatic carbocycles. The first-order chi connectivity index (χ1) is 14.4. The van der Waals surface area contributed by atoms with Crippen LogP contribution in [0.5, 0.6) is 0 Å². The Morgan fingerprint density at radius 3 is 2.33 bits per heavy atom. The van der Waals surface area contributed by atoms with Crippen molar-refractivity contribution in [3.63, 3.8) is 0 Å². The van der Waals surface area contributed by atoms with Gasteiger partial charge in [0.2, 0.25) is 0 Å². The van der Waals surface area contributed by atoms with Gasteiger partial charge in [0.15, 0.2) is 6.61 Å². The summed E-state index contributed by atoms with van der Waals surface area (Å²) in [4.78, 5) is 47.4. The van der Waals surface area contributed by atoms with E-state index in [1.54, 1.807) is 30.3 Å². The van der Waals surface area contributed by atoms with E-state index in [1.807, 2.05) is 19.9 Å². The van der Waals surface area contributed by atoms with Gasteiger partial charge in [0, 0.05) is 11.3 Å². The van der Waals surface area contributed by atoms with Crippen LogP contribution in [0.2, 0.25) is 0 Å². The number of amides is 2. The van der Waals surface area contributed by atoms with Crippen LogP contribution in [0.3, 0.4) is 0 Å². The smallest absolute Gasteiger partial charge is 0.338 e. The van der Waals surface area contributed by atoms with Crippen molar-refractivity contribution in [2.45, 2.75) is 20.3 Å². The number of esters is 2. The van der Waals surface area contributed by atoms with E-state index in [0.29, 0.717) is 23.4 Å². The molecule has 0 spiro atoms. The lowest BCUT2D eigenvalue weighted by atomic mass is 10.1. The highest BCUT2D eigenvalue weighted by atomic mass is 16.5. The fourth-order valence-corrected chi connectivity index (χ4v) is 2.40. The molecule has 8 heteroatoms. The third-order valence-electron chi connectivity index (χ3n) is 3.88. The standard InChI is InChI=1S/C22H24N2O6/c1-3-11-29-22(28)16-7-9-18(10-8-16)24-19(25)14-30-20(26)13-23-21(27)17-6-4-5-15(2)12-17/h4-10,12H,3,11,13-14H2,1-2H3,(H,23,27)(H,24,25). The lowest BCUT2D eigenvalue weighted by Crippen LogP contribution is -2.32. The maximum Gasteiger partial charge on any atom is 0.338 e. The molecule has 0 saturated heterocycles. The lowest BCUT2D eigenvalue weighted by Gasteiger charge is -2.08. The monoisotopic (exact) mass is 412 g/mol. The van der Waals surface area contributed by atoms with Crippen LogP contribution in [-0.4, -0.2) is 43.5 Å². The molecule has 0 saturated carbocycles. The Hall–Kier alpha value is -3.68. The fraction of sp³-hybridized carbons (Fsp3) is 0.273. The normalized spacial score (nSPS) is 10.1. The minimum atomic E-state index is -0.736. The van der Waals surface area contributed by atoms with Gasteiger partial charge in [-0.2, -0.15) is 0 Å². The Bertz CT molecular complexity index is 908. The number of carbonyl (C=O) groups excluding carboxylic acids is 4. The largest absolute Gasteiger partial charge is 0.462 e. The lowest BCUT2D eigenvalue weighted by molar-refractivity contribution is -0.146. The van der Waals surface area contributed by atoms with Crippen molar-refractivity contribution < 1.29 is 28.7 Å². The van der Waals surface area contributed by atoms with Gasteiger partial charge in [-0.1, -0.05) is 24.6 Å². The highest BCUT2D eigenvalue weighted by molar-refractivity contribution is 5.97. The molecule has 158 valence electrons. The summed E-state index contributed by atoms with van der Waals surface area (Å²) in [5.74, 6) is -2.12. The fourth-order valence-electron chi connectivity index (χ4n) is 2.40. The molecule has 0 bridgehead atoms. The summed E-state index contributed by atoms with van der Waals surface area (Å²) in [6.45, 7) is 3.24. The van der Waals surface area contributed by atoms with Crippen molar-refractivity contribution in [2.24, 2.45) is 0 Å². The average Bonchev–Trinajstić information content (AvgIpc) is 2.74. The van der Waals surface area contributed by atoms with Gasteiger partial charge in [0.05, 0.1) is 12.2 Å². The molecular formula is C22H24N2O6. The molecule has 0 aliphatic rings. The molecule has 2 rings (SSSR count). The Kier molecular flexibility index (Phi) is 8.56. The summed E-state index contributed by atoms with van der Waals surface area (Å²) in [5, 5.41) is 4.99. The SMILES string of the molecule is CCCOC(=O)c1ccc(NC(=O)COC(=O)CNC(=O)c2cccc(C)c2)cc1. The Morgan fingerprint density at radius 2 is 1.67 bits per heavy atom. The first kappa shape index (κ1) is 22.6. The number of benzene rings is 2. The highest BCUT2D eigenvalue weighted by Crippen LogP contribution is 2.11. The van der Waals surface area contributed by atoms with Crippen LogP contribution in [0, 0.1) is 6.92 Å². The zero-order valence-corrected chi connectivity index (χ0v) is 16.9. The number of hydrogen-bond donors (Lipinski definition) is 2. The molecule has 2 aromatic rings. The molecule has 0 heterocycles. The van der Waals surface area contributed by atoms with Crippen LogP contribution in [0.25, 0.3) is 0 Å². The van der Waals surface area contributed by atoms with Crippen LogP contribution < -0.4 is 10.6 Å². The number of hydrogen-bond acceptors (Lipinski definition) is 6. The van der Waals surface area contributed by atoms with Crippen molar-refractivity contribution in [2.75, 3.05) is 25.1 Å². The van der Waals surface area contributed by atoms with E-state index >= 15 is 0 Å². The third kappa shape index (κ3) is 7.38. The van der Waals surface area contributed by atoms with Crippen LogP contribution in [-0.2, 0) is 19.1 Å². The molecule has 0 aliphatic heterocycles. The Balaban J connectivity index is 1.72. The van der Waals surface area contributed by atoms with Crippen molar-refractivity contribution in [1.29, 1.82) is 0 Å². The van der Waals surface area contributed by atoms with Gasteiger partial charge in [-0.15, -0.1) is 0 Å². The van der Waals surface area contributed by atoms with Gasteiger partial charge in [0.25, 0.3) is 11.8 Å². The zero-order valence-electron chi connectivity index (χ0n) is 16.9. The summed E-state index contributed by atoms with van der Waals surface area (Å²) in [6.07, 6.45) is 0.730. The number of anilines is 1. The first-order valence-electron chi connectivity index (χ1n) is 9.46. The van der Waals surface area contributed by atoms with E-state index in [-0.39, 0.29) is 6.54 Å². The van der Waals surface area contributed by atoms with E-state index in [0.717, 1.165) is 12.0 Å². The molecular weight excluding hydrogens is 388 g/mol. The second-order valence-electron chi connectivity index (χ2n) is 6.47. The van der Waals surface area contributed by atoms with Crippen molar-refractivity contribution in [1.82, 2.24) is 5.32 Å². The highest BCUT2D eigenvalue weighted by Gasteiger charge is 2.12. The van der Waals surface area contributed by atoms with Crippen LogP contribution >= 0.6 is 0 Å². The van der Waals surface area contributed by atoms with Crippen LogP contribution in [0.4, 0.5) is 5.69 Å². The molecule has 0 atom stereocenters. The number of aryl methyl sites for hydroxylation is 1. The van der Waals surface area contributed by atoms with E-state index in [9.17, 15) is 19.2 Å². The van der Waals surface area contributed by atoms with Gasteiger partial charge in [0.1, 0.15) is 6.54 Å². The number of rotatable bonds is 9. The third-order valence-corrected chi connectivity index (χ3v) is 3.88. The summed E-state index contributed by atoms with van der Waals surface area (Å²) in [7, 11) is 0. The van der Waals surface area contributed by atoms with E-state index < -0.39 is 30.4 Å². The van der Waals surface area contributed by atoms with Crippen molar-refractivity contribution in [3.05, 3.63) is 65.2 Å². The number of nitrogens with one attached hydrogen (secondary N) is 2. The second-order valence-corrected chi connectivity index (χ2v) is 6.47. The van der Waals surface area contributed by atoms with E-state index in [1.165, 1.54) is 12.1 Å². The molecule has 0 aliphatic carbocycles. The predicted octanol–water partition coefficient (Wildman–Crippen LogP) is 2.47. The zero-order chi connectivity index (χ0) is 21.9. The van der Waals surface area contributed by atoms with Crippen molar-refractivity contribution >= 4 is 29.4 Å². The minimum Gasteiger partial charge on any atom is -0.462 e. The molecule has 0 unspecified atom stereocenters. The average molecular weight is 412 g/mol. The summed E-state index contributed by atoms with van der Waals surface area (Å²) in [5.41, 5.74) is 2.17. The summed E-state index contributed by atoms with van der Waals surface area (Å²) < 4.78 is 9.88. The molecule has 0 fully saturated rings. The molecule has 8 nitrogen and oxygen atoms in total. The van der Waals surface area contributed by atoms with Crippen LogP contribution in [0.15, 0.2) is 48.5 Å². The van der Waals surface area contributed by atoms with Gasteiger partial charge in [-0.3, -0.25) is 14.4 Å². The van der Waals surface area contributed by atoms with Crippen molar-refractivity contribution in [3.8, 4) is 0 Å². The van der Waals surface area contributed by atoms with Gasteiger partial charge >= 0.3 is 11.9 Å². The minimum absolute atomic E-state index is 0.341. The maximum absolute atomic E-state index is 12.0. The number of carbonyl (C=O) groups is 4. The second kappa shape index (κ2) is 11.4. The Morgan fingerprint density at radius 1 is 0.933 bits per heavy atom. The predicted molar refractivity (Wildman–Crippen MR) is 110 cm³/mol. The topological polar surface area (TPSA) is 111 Å². The molecule has 30 heavy (non-hydrogen) atoms. The first-order valence-corrected chi connectivity index (χ1v) is 9.46. The maximum atomic E-state index is 12.0. The molecule has 2 amide bonds. The van der Waals surface area contributed by atoms with E-state index in [4.69, 9.17) is 9.47 Å². The summed E-state index contributed by atoms with van der Waals surface area (Å²) in [6, 6.07) is 13.1. The summed E-state index contributed by atoms with van der Waals surface area (Å²) >= 11 is 0. The van der Waals surface area contributed by atoms with Gasteiger partial charge in [-0.25, -0.2) is 4.79 Å². The Labute approximate surface area is 174 Å². The molecule has 0 aromatic heterocycles. The van der Waals surface area contributed by atoms with E-state index in [2.05, 4.69) is 10.6 Å². The molecule has 2 N–H and O–H groups in total. The van der Waals surface area contributed by atoms with Crippen LogP contribution in [0.1, 0.15) is 39.6 Å². The number of ether oxygens (including phenoxy) is 2. The van der Waals surface area contributed by atoms with Gasteiger partial charge in [-0.05, 0) is 49.7 Å². The quantitative estimate of drug-likeness (QED) is 0.612.